The minimum atomic E-state index is -0.362. The molecule has 0 bridgehead atoms. The normalized spacial score (nSPS) is 11.2. The maximum absolute atomic E-state index is 13.3. The Balaban J connectivity index is 1.55. The molecule has 2 aromatic heterocycles. The Hall–Kier alpha value is -4.12. The van der Waals surface area contributed by atoms with E-state index in [0.717, 1.165) is 16.5 Å². The molecule has 0 spiro atoms. The van der Waals surface area contributed by atoms with E-state index in [1.165, 1.54) is 0 Å². The minimum absolute atomic E-state index is 0.00895. The molecule has 158 valence electrons. The molecule has 0 fully saturated rings. The molecule has 0 atom stereocenters. The monoisotopic (exact) mass is 424 g/mol. The number of hydrogen-bond donors (Lipinski definition) is 0. The van der Waals surface area contributed by atoms with Gasteiger partial charge >= 0.3 is 0 Å². The third-order valence-corrected chi connectivity index (χ3v) is 5.37. The summed E-state index contributed by atoms with van der Waals surface area (Å²) in [6, 6.07) is 22.0. The van der Waals surface area contributed by atoms with Crippen LogP contribution in [0.15, 0.2) is 86.4 Å². The molecule has 5 aromatic rings. The number of furan rings is 1. The number of hydrogen-bond acceptors (Lipinski definition) is 5. The minimum Gasteiger partial charge on any atom is -0.478 e. The molecule has 0 amide bonds. The number of ketones is 1. The van der Waals surface area contributed by atoms with Crippen molar-refractivity contribution in [2.24, 2.45) is 0 Å². The predicted octanol–water partition coefficient (Wildman–Crippen LogP) is 6.08. The Kier molecular flexibility index (Phi) is 4.86. The maximum Gasteiger partial charge on any atom is 0.235 e. The number of ether oxygens (including phenoxy) is 1. The van der Waals surface area contributed by atoms with Gasteiger partial charge in [-0.3, -0.25) is 9.59 Å². The topological polar surface area (TPSA) is 69.7 Å². The second kappa shape index (κ2) is 7.85. The number of benzene rings is 3. The lowest BCUT2D eigenvalue weighted by molar-refractivity contribution is 0.0894. The molecule has 5 nitrogen and oxygen atoms in total. The van der Waals surface area contributed by atoms with Gasteiger partial charge in [0.2, 0.25) is 17.0 Å². The van der Waals surface area contributed by atoms with Crippen molar-refractivity contribution in [2.75, 3.05) is 6.61 Å². The summed E-state index contributed by atoms with van der Waals surface area (Å²) in [4.78, 5) is 26.0. The summed E-state index contributed by atoms with van der Waals surface area (Å²) in [5.41, 5.74) is 3.53. The van der Waals surface area contributed by atoms with Crippen LogP contribution in [-0.2, 0) is 0 Å². The van der Waals surface area contributed by atoms with Crippen LogP contribution >= 0.6 is 0 Å². The second-order valence-corrected chi connectivity index (χ2v) is 7.82. The van der Waals surface area contributed by atoms with Crippen molar-refractivity contribution < 1.29 is 18.4 Å². The van der Waals surface area contributed by atoms with Crippen LogP contribution in [0.3, 0.4) is 0 Å². The molecule has 0 unspecified atom stereocenters. The van der Waals surface area contributed by atoms with Crippen LogP contribution < -0.4 is 10.2 Å². The van der Waals surface area contributed by atoms with Crippen LogP contribution in [-0.4, -0.2) is 12.4 Å². The van der Waals surface area contributed by atoms with Gasteiger partial charge in [0, 0.05) is 10.9 Å². The van der Waals surface area contributed by atoms with Crippen molar-refractivity contribution in [3.63, 3.8) is 0 Å². The average molecular weight is 424 g/mol. The summed E-state index contributed by atoms with van der Waals surface area (Å²) < 4.78 is 17.5. The Morgan fingerprint density at radius 1 is 0.844 bits per heavy atom. The second-order valence-electron chi connectivity index (χ2n) is 7.82. The summed E-state index contributed by atoms with van der Waals surface area (Å²) in [5.74, 6) is 0.128. The quantitative estimate of drug-likeness (QED) is 0.320. The van der Waals surface area contributed by atoms with E-state index in [2.05, 4.69) is 0 Å². The number of Topliss-reactive ketones (excluding diaryl/α,β-unsaturated/α-hetero) is 1. The molecule has 0 saturated carbocycles. The molecule has 0 N–H and O–H groups in total. The number of aryl methyl sites for hydroxylation is 2. The highest BCUT2D eigenvalue weighted by molar-refractivity contribution is 5.98. The van der Waals surface area contributed by atoms with Gasteiger partial charge in [-0.15, -0.1) is 0 Å². The first kappa shape index (κ1) is 19.8. The highest BCUT2D eigenvalue weighted by atomic mass is 16.5. The van der Waals surface area contributed by atoms with E-state index >= 15 is 0 Å². The van der Waals surface area contributed by atoms with E-state index in [-0.39, 0.29) is 29.3 Å². The molecule has 32 heavy (non-hydrogen) atoms. The third kappa shape index (κ3) is 3.58. The first-order valence-corrected chi connectivity index (χ1v) is 10.3. The summed E-state index contributed by atoms with van der Waals surface area (Å²) >= 11 is 0. The smallest absolute Gasteiger partial charge is 0.235 e. The van der Waals surface area contributed by atoms with Crippen molar-refractivity contribution in [1.29, 1.82) is 0 Å². The van der Waals surface area contributed by atoms with Crippen molar-refractivity contribution >= 4 is 27.7 Å². The van der Waals surface area contributed by atoms with Crippen LogP contribution in [0.4, 0.5) is 0 Å². The largest absolute Gasteiger partial charge is 0.478 e. The van der Waals surface area contributed by atoms with E-state index in [1.54, 1.807) is 18.2 Å². The number of fused-ring (bicyclic) bond motifs is 2. The van der Waals surface area contributed by atoms with Gasteiger partial charge in [-0.25, -0.2) is 0 Å². The lowest BCUT2D eigenvalue weighted by atomic mass is 10.1. The Labute approximate surface area is 183 Å². The first-order valence-electron chi connectivity index (χ1n) is 10.3. The fourth-order valence-corrected chi connectivity index (χ4v) is 3.64. The Bertz CT molecular complexity index is 1490. The molecule has 0 aliphatic carbocycles. The summed E-state index contributed by atoms with van der Waals surface area (Å²) in [6.45, 7) is 3.56. The van der Waals surface area contributed by atoms with E-state index in [4.69, 9.17) is 13.6 Å². The third-order valence-electron chi connectivity index (χ3n) is 5.37. The van der Waals surface area contributed by atoms with Gasteiger partial charge in [0.05, 0.1) is 5.39 Å². The van der Waals surface area contributed by atoms with Gasteiger partial charge in [0.25, 0.3) is 0 Å². The fourth-order valence-electron chi connectivity index (χ4n) is 3.64. The first-order chi connectivity index (χ1) is 15.5. The van der Waals surface area contributed by atoms with E-state index in [1.807, 2.05) is 68.4 Å². The van der Waals surface area contributed by atoms with Crippen molar-refractivity contribution in [3.8, 4) is 17.1 Å². The van der Waals surface area contributed by atoms with E-state index < -0.39 is 0 Å². The van der Waals surface area contributed by atoms with Gasteiger partial charge in [-0.1, -0.05) is 54.1 Å². The maximum atomic E-state index is 13.3. The Morgan fingerprint density at radius 3 is 2.38 bits per heavy atom. The van der Waals surface area contributed by atoms with Crippen molar-refractivity contribution in [1.82, 2.24) is 0 Å². The molecule has 0 saturated heterocycles. The molecule has 5 rings (SSSR count). The molecule has 0 radical (unpaired) electrons. The number of carbonyl (C=O) groups excluding carboxylic acids is 1. The molecular weight excluding hydrogens is 404 g/mol. The average Bonchev–Trinajstić information content (AvgIpc) is 3.23. The van der Waals surface area contributed by atoms with Crippen LogP contribution in [0.25, 0.3) is 33.3 Å². The molecule has 2 heterocycles. The standard InChI is InChI=1S/C27H20O5/c1-16-7-10-18(11-8-16)26-27(25(29)20-12-9-17(2)13-23(20)32-26)30-15-21(28)24-14-19-5-3-4-6-22(19)31-24/h3-14H,15H2,1-2H3. The highest BCUT2D eigenvalue weighted by Gasteiger charge is 2.20. The van der Waals surface area contributed by atoms with E-state index in [9.17, 15) is 9.59 Å². The van der Waals surface area contributed by atoms with Gasteiger partial charge in [0.1, 0.15) is 11.2 Å². The van der Waals surface area contributed by atoms with Crippen molar-refractivity contribution in [2.45, 2.75) is 13.8 Å². The highest BCUT2D eigenvalue weighted by Crippen LogP contribution is 2.31. The van der Waals surface area contributed by atoms with Gasteiger partial charge in [0.15, 0.2) is 18.1 Å². The predicted molar refractivity (Wildman–Crippen MR) is 123 cm³/mol. The molecule has 0 aliphatic heterocycles. The molecule has 5 heteroatoms. The zero-order chi connectivity index (χ0) is 22.2. The lowest BCUT2D eigenvalue weighted by Crippen LogP contribution is -2.16. The van der Waals surface area contributed by atoms with Crippen LogP contribution in [0.2, 0.25) is 0 Å². The van der Waals surface area contributed by atoms with Gasteiger partial charge < -0.3 is 13.6 Å². The molecule has 3 aromatic carbocycles. The number of carbonyl (C=O) groups is 1. The summed E-state index contributed by atoms with van der Waals surface area (Å²) in [7, 11) is 0. The summed E-state index contributed by atoms with van der Waals surface area (Å²) in [6.07, 6.45) is 0. The zero-order valence-electron chi connectivity index (χ0n) is 17.7. The van der Waals surface area contributed by atoms with Crippen molar-refractivity contribution in [3.05, 3.63) is 99.9 Å². The lowest BCUT2D eigenvalue weighted by Gasteiger charge is -2.11. The zero-order valence-corrected chi connectivity index (χ0v) is 17.7. The number of rotatable bonds is 5. The summed E-state index contributed by atoms with van der Waals surface area (Å²) in [5, 5.41) is 1.23. The van der Waals surface area contributed by atoms with Gasteiger partial charge in [-0.05, 0) is 43.7 Å². The number of para-hydroxylation sites is 1. The Morgan fingerprint density at radius 2 is 1.59 bits per heavy atom. The SMILES string of the molecule is Cc1ccc(-c2oc3cc(C)ccc3c(=O)c2OCC(=O)c2cc3ccccc3o2)cc1. The van der Waals surface area contributed by atoms with E-state index in [0.29, 0.717) is 27.9 Å². The molecular formula is C27H20O5. The van der Waals surface area contributed by atoms with Crippen LogP contribution in [0.1, 0.15) is 21.7 Å². The van der Waals surface area contributed by atoms with Crippen LogP contribution in [0, 0.1) is 13.8 Å². The fraction of sp³-hybridized carbons (Fsp3) is 0.111. The molecule has 0 aliphatic rings. The van der Waals surface area contributed by atoms with Crippen LogP contribution in [0.5, 0.6) is 5.75 Å². The van der Waals surface area contributed by atoms with Gasteiger partial charge in [-0.2, -0.15) is 0 Å².